The fourth-order valence-corrected chi connectivity index (χ4v) is 2.37. The molecule has 0 aliphatic heterocycles. The summed E-state index contributed by atoms with van der Waals surface area (Å²) < 4.78 is 5.20. The van der Waals surface area contributed by atoms with Crippen LogP contribution in [-0.4, -0.2) is 32.7 Å². The molecule has 0 aliphatic carbocycles. The van der Waals surface area contributed by atoms with Gasteiger partial charge in [0.25, 0.3) is 0 Å². The summed E-state index contributed by atoms with van der Waals surface area (Å²) in [4.78, 5) is 6.66. The third kappa shape index (κ3) is 6.55. The summed E-state index contributed by atoms with van der Waals surface area (Å²) in [6.45, 7) is 3.27. The predicted molar refractivity (Wildman–Crippen MR) is 117 cm³/mol. The molecule has 25 heavy (non-hydrogen) atoms. The van der Waals surface area contributed by atoms with E-state index in [-0.39, 0.29) is 30.0 Å². The number of benzene rings is 2. The first-order chi connectivity index (χ1) is 11.6. The lowest BCUT2D eigenvalue weighted by Crippen LogP contribution is -2.33. The molecule has 0 bridgehead atoms. The number of para-hydroxylation sites is 2. The molecule has 0 fully saturated rings. The number of methoxy groups -OCH3 is 1. The number of nitrogens with two attached hydrogens (primary N) is 1. The Morgan fingerprint density at radius 1 is 1.16 bits per heavy atom. The summed E-state index contributed by atoms with van der Waals surface area (Å²) in [6.07, 6.45) is 0. The van der Waals surface area contributed by atoms with Crippen LogP contribution in [0.1, 0.15) is 12.5 Å². The lowest BCUT2D eigenvalue weighted by atomic mass is 10.2. The Balaban J connectivity index is 0.00000312. The quantitative estimate of drug-likeness (QED) is 0.381. The summed E-state index contributed by atoms with van der Waals surface area (Å²) in [6, 6.07) is 18.4. The van der Waals surface area contributed by atoms with Crippen molar-refractivity contribution in [2.45, 2.75) is 19.6 Å². The molecule has 2 aromatic rings. The van der Waals surface area contributed by atoms with E-state index in [1.54, 1.807) is 7.11 Å². The third-order valence-corrected chi connectivity index (χ3v) is 3.93. The zero-order valence-corrected chi connectivity index (χ0v) is 17.3. The molecule has 0 aromatic heterocycles. The third-order valence-electron chi connectivity index (χ3n) is 3.93. The first-order valence-electron chi connectivity index (χ1n) is 8.03. The van der Waals surface area contributed by atoms with E-state index in [2.05, 4.69) is 41.3 Å². The molecule has 0 radical (unpaired) electrons. The monoisotopic (exact) mass is 454 g/mol. The fraction of sp³-hybridized carbons (Fsp3) is 0.316. The zero-order chi connectivity index (χ0) is 17.4. The van der Waals surface area contributed by atoms with Crippen LogP contribution in [0, 0.1) is 0 Å². The van der Waals surface area contributed by atoms with Gasteiger partial charge in [-0.3, -0.25) is 4.99 Å². The minimum absolute atomic E-state index is 0. The van der Waals surface area contributed by atoms with Crippen molar-refractivity contribution in [1.82, 2.24) is 0 Å². The molecule has 0 spiro atoms. The Morgan fingerprint density at radius 2 is 1.80 bits per heavy atom. The number of hydrogen-bond acceptors (Lipinski definition) is 3. The Morgan fingerprint density at radius 3 is 2.48 bits per heavy atom. The van der Waals surface area contributed by atoms with Gasteiger partial charge in [-0.15, -0.1) is 24.0 Å². The van der Waals surface area contributed by atoms with Crippen LogP contribution in [0.15, 0.2) is 59.6 Å². The van der Waals surface area contributed by atoms with Crippen LogP contribution in [0.3, 0.4) is 0 Å². The second-order valence-corrected chi connectivity index (χ2v) is 5.74. The van der Waals surface area contributed by atoms with E-state index in [0.717, 1.165) is 16.9 Å². The second-order valence-electron chi connectivity index (χ2n) is 5.74. The summed E-state index contributed by atoms with van der Waals surface area (Å²) in [5.41, 5.74) is 9.17. The highest BCUT2D eigenvalue weighted by Gasteiger charge is 2.09. The van der Waals surface area contributed by atoms with Crippen molar-refractivity contribution < 1.29 is 4.74 Å². The van der Waals surface area contributed by atoms with Crippen molar-refractivity contribution >= 4 is 41.3 Å². The van der Waals surface area contributed by atoms with Crippen molar-refractivity contribution in [3.8, 4) is 0 Å². The highest BCUT2D eigenvalue weighted by atomic mass is 127. The number of halogens is 1. The van der Waals surface area contributed by atoms with Crippen molar-refractivity contribution in [3.63, 3.8) is 0 Å². The van der Waals surface area contributed by atoms with E-state index in [0.29, 0.717) is 19.1 Å². The standard InChI is InChI=1S/C19H26N4O.HI/c1-15(23(2)17-10-5-4-6-11-17)13-21-19(20)22-18-12-8-7-9-16(18)14-24-3;/h4-12,15H,13-14H2,1-3H3,(H3,20,21,22);1H. The fourth-order valence-electron chi connectivity index (χ4n) is 2.37. The van der Waals surface area contributed by atoms with Gasteiger partial charge >= 0.3 is 0 Å². The van der Waals surface area contributed by atoms with Crippen molar-refractivity contribution in [3.05, 3.63) is 60.2 Å². The van der Waals surface area contributed by atoms with Gasteiger partial charge in [-0.05, 0) is 25.1 Å². The van der Waals surface area contributed by atoms with Gasteiger partial charge in [0.2, 0.25) is 0 Å². The van der Waals surface area contributed by atoms with Crippen LogP contribution in [-0.2, 0) is 11.3 Å². The van der Waals surface area contributed by atoms with Gasteiger partial charge in [0.15, 0.2) is 5.96 Å². The number of hydrogen-bond donors (Lipinski definition) is 2. The number of anilines is 2. The van der Waals surface area contributed by atoms with E-state index in [1.165, 1.54) is 0 Å². The van der Waals surface area contributed by atoms with Crippen molar-refractivity contribution in [1.29, 1.82) is 0 Å². The number of rotatable bonds is 7. The van der Waals surface area contributed by atoms with Crippen LogP contribution in [0.5, 0.6) is 0 Å². The normalized spacial score (nSPS) is 12.2. The lowest BCUT2D eigenvalue weighted by molar-refractivity contribution is 0.185. The van der Waals surface area contributed by atoms with E-state index >= 15 is 0 Å². The number of aliphatic imine (C=N–C) groups is 1. The van der Waals surface area contributed by atoms with Crippen LogP contribution in [0.25, 0.3) is 0 Å². The molecule has 5 nitrogen and oxygen atoms in total. The van der Waals surface area contributed by atoms with Gasteiger partial charge in [-0.25, -0.2) is 0 Å². The molecule has 2 aromatic carbocycles. The van der Waals surface area contributed by atoms with Gasteiger partial charge in [-0.2, -0.15) is 0 Å². The minimum atomic E-state index is 0. The number of likely N-dealkylation sites (N-methyl/N-ethyl adjacent to an activating group) is 1. The highest BCUT2D eigenvalue weighted by molar-refractivity contribution is 14.0. The van der Waals surface area contributed by atoms with Gasteiger partial charge < -0.3 is 20.7 Å². The summed E-state index contributed by atoms with van der Waals surface area (Å²) in [5.74, 6) is 0.409. The van der Waals surface area contributed by atoms with Crippen LogP contribution in [0.2, 0.25) is 0 Å². The minimum Gasteiger partial charge on any atom is -0.380 e. The second kappa shape index (κ2) is 10.9. The molecule has 136 valence electrons. The van der Waals surface area contributed by atoms with Gasteiger partial charge in [-0.1, -0.05) is 36.4 Å². The maximum atomic E-state index is 6.04. The molecule has 0 saturated heterocycles. The maximum Gasteiger partial charge on any atom is 0.193 e. The van der Waals surface area contributed by atoms with E-state index in [1.807, 2.05) is 42.5 Å². The predicted octanol–water partition coefficient (Wildman–Crippen LogP) is 3.70. The van der Waals surface area contributed by atoms with Crippen LogP contribution in [0.4, 0.5) is 11.4 Å². The molecule has 6 heteroatoms. The first-order valence-corrected chi connectivity index (χ1v) is 8.03. The smallest absolute Gasteiger partial charge is 0.193 e. The van der Waals surface area contributed by atoms with Crippen LogP contribution < -0.4 is 16.0 Å². The lowest BCUT2D eigenvalue weighted by Gasteiger charge is -2.25. The molecule has 1 unspecified atom stereocenters. The van der Waals surface area contributed by atoms with E-state index in [4.69, 9.17) is 10.5 Å². The van der Waals surface area contributed by atoms with Gasteiger partial charge in [0.1, 0.15) is 0 Å². The molecule has 1 atom stereocenters. The Kier molecular flexibility index (Phi) is 9.30. The molecule has 3 N–H and O–H groups in total. The molecule has 2 rings (SSSR count). The molecular formula is C19H27IN4O. The SMILES string of the molecule is COCc1ccccc1NC(N)=NCC(C)N(C)c1ccccc1.I. The maximum absolute atomic E-state index is 6.04. The average Bonchev–Trinajstić information content (AvgIpc) is 2.61. The summed E-state index contributed by atoms with van der Waals surface area (Å²) in [7, 11) is 3.74. The molecule has 0 heterocycles. The molecule has 0 amide bonds. The topological polar surface area (TPSA) is 62.9 Å². The first kappa shape index (κ1) is 21.2. The number of nitrogens with zero attached hydrogens (tertiary/aromatic N) is 2. The summed E-state index contributed by atoms with van der Waals surface area (Å²) >= 11 is 0. The highest BCUT2D eigenvalue weighted by Crippen LogP contribution is 2.16. The van der Waals surface area contributed by atoms with E-state index in [9.17, 15) is 0 Å². The van der Waals surface area contributed by atoms with E-state index < -0.39 is 0 Å². The largest absolute Gasteiger partial charge is 0.380 e. The molecule has 0 saturated carbocycles. The average molecular weight is 454 g/mol. The van der Waals surface area contributed by atoms with Gasteiger partial charge in [0, 0.05) is 37.1 Å². The summed E-state index contributed by atoms with van der Waals surface area (Å²) in [5, 5.41) is 3.16. The van der Waals surface area contributed by atoms with Crippen molar-refractivity contribution in [2.24, 2.45) is 10.7 Å². The molecule has 0 aliphatic rings. The van der Waals surface area contributed by atoms with Gasteiger partial charge in [0.05, 0.1) is 13.2 Å². The number of ether oxygens (including phenoxy) is 1. The Hall–Kier alpha value is -1.80. The Labute approximate surface area is 167 Å². The molecular weight excluding hydrogens is 427 g/mol. The van der Waals surface area contributed by atoms with Crippen molar-refractivity contribution in [2.75, 3.05) is 30.9 Å². The van der Waals surface area contributed by atoms with Crippen LogP contribution >= 0.6 is 24.0 Å². The Bertz CT molecular complexity index is 663. The number of nitrogens with one attached hydrogen (secondary N) is 1. The number of guanidine groups is 1. The zero-order valence-electron chi connectivity index (χ0n) is 15.0.